The average molecular weight is 279 g/mol. The maximum absolute atomic E-state index is 10.9. The highest BCUT2D eigenvalue weighted by Crippen LogP contribution is 2.29. The van der Waals surface area contributed by atoms with Gasteiger partial charge in [-0.2, -0.15) is 5.10 Å². The molecule has 0 N–H and O–H groups in total. The molecule has 0 amide bonds. The van der Waals surface area contributed by atoms with Crippen molar-refractivity contribution in [2.45, 2.75) is 6.92 Å². The zero-order chi connectivity index (χ0) is 11.7. The Kier molecular flexibility index (Phi) is 2.92. The van der Waals surface area contributed by atoms with Crippen molar-refractivity contribution >= 4 is 22.2 Å². The van der Waals surface area contributed by atoms with Crippen LogP contribution in [0.15, 0.2) is 28.7 Å². The molecule has 0 fully saturated rings. The van der Waals surface area contributed by atoms with Crippen molar-refractivity contribution in [3.63, 3.8) is 0 Å². The van der Waals surface area contributed by atoms with Crippen LogP contribution in [0.2, 0.25) is 0 Å². The molecule has 0 aliphatic rings. The van der Waals surface area contributed by atoms with Crippen LogP contribution in [0.25, 0.3) is 11.3 Å². The van der Waals surface area contributed by atoms with Crippen molar-refractivity contribution in [2.24, 2.45) is 7.05 Å². The number of carbonyl (C=O) groups is 1. The van der Waals surface area contributed by atoms with Gasteiger partial charge < -0.3 is 0 Å². The predicted molar refractivity (Wildman–Crippen MR) is 66.5 cm³/mol. The van der Waals surface area contributed by atoms with Crippen LogP contribution in [-0.2, 0) is 7.05 Å². The van der Waals surface area contributed by atoms with Gasteiger partial charge in [-0.15, -0.1) is 0 Å². The van der Waals surface area contributed by atoms with Crippen molar-refractivity contribution in [1.29, 1.82) is 0 Å². The Labute approximate surface area is 102 Å². The van der Waals surface area contributed by atoms with Crippen LogP contribution < -0.4 is 0 Å². The molecule has 2 aromatic rings. The maximum atomic E-state index is 10.9. The van der Waals surface area contributed by atoms with Crippen LogP contribution >= 0.6 is 15.9 Å². The highest BCUT2D eigenvalue weighted by atomic mass is 79.9. The summed E-state index contributed by atoms with van der Waals surface area (Å²) in [5.74, 6) is 0. The lowest BCUT2D eigenvalue weighted by molar-refractivity contribution is 0.111. The molecule has 16 heavy (non-hydrogen) atoms. The summed E-state index contributed by atoms with van der Waals surface area (Å²) < 4.78 is 2.32. The van der Waals surface area contributed by atoms with Crippen molar-refractivity contribution in [2.75, 3.05) is 0 Å². The summed E-state index contributed by atoms with van der Waals surface area (Å²) in [7, 11) is 1.76. The molecule has 0 radical (unpaired) electrons. The van der Waals surface area contributed by atoms with Gasteiger partial charge in [-0.25, -0.2) is 0 Å². The molecule has 1 heterocycles. The van der Waals surface area contributed by atoms with Crippen LogP contribution in [0.5, 0.6) is 0 Å². The van der Waals surface area contributed by atoms with Gasteiger partial charge in [-0.1, -0.05) is 29.8 Å². The molecule has 3 nitrogen and oxygen atoms in total. The number of hydrogen-bond acceptors (Lipinski definition) is 2. The van der Waals surface area contributed by atoms with Gasteiger partial charge in [0.2, 0.25) is 0 Å². The molecule has 1 aromatic carbocycles. The lowest BCUT2D eigenvalue weighted by atomic mass is 10.1. The van der Waals surface area contributed by atoms with E-state index >= 15 is 0 Å². The van der Waals surface area contributed by atoms with E-state index in [1.165, 1.54) is 5.56 Å². The number of benzene rings is 1. The Morgan fingerprint density at radius 1 is 1.31 bits per heavy atom. The summed E-state index contributed by atoms with van der Waals surface area (Å²) in [6.45, 7) is 2.04. The average Bonchev–Trinajstić information content (AvgIpc) is 2.55. The Bertz CT molecular complexity index is 529. The smallest absolute Gasteiger partial charge is 0.169 e. The molecule has 0 aliphatic heterocycles. The van der Waals surface area contributed by atoms with Crippen LogP contribution in [0.4, 0.5) is 0 Å². The summed E-state index contributed by atoms with van der Waals surface area (Å²) in [5, 5.41) is 4.32. The SMILES string of the molecule is Cc1ccc(-c2nn(C)c(C=O)c2Br)cc1. The van der Waals surface area contributed by atoms with E-state index in [1.807, 2.05) is 31.2 Å². The first-order valence-corrected chi connectivity index (χ1v) is 5.67. The van der Waals surface area contributed by atoms with E-state index in [4.69, 9.17) is 0 Å². The standard InChI is InChI=1S/C12H11BrN2O/c1-8-3-5-9(6-4-8)12-11(13)10(7-16)15(2)14-12/h3-7H,1-2H3. The maximum Gasteiger partial charge on any atom is 0.169 e. The summed E-state index contributed by atoms with van der Waals surface area (Å²) in [5.41, 5.74) is 3.55. The minimum Gasteiger partial charge on any atom is -0.296 e. The fourth-order valence-electron chi connectivity index (χ4n) is 1.54. The molecule has 0 aliphatic carbocycles. The summed E-state index contributed by atoms with van der Waals surface area (Å²) in [4.78, 5) is 10.9. The molecule has 4 heteroatoms. The Balaban J connectivity index is 2.56. The van der Waals surface area contributed by atoms with Gasteiger partial charge >= 0.3 is 0 Å². The van der Waals surface area contributed by atoms with E-state index in [0.717, 1.165) is 22.0 Å². The minimum atomic E-state index is 0.551. The van der Waals surface area contributed by atoms with E-state index in [9.17, 15) is 4.79 Å². The third-order valence-electron chi connectivity index (χ3n) is 2.47. The van der Waals surface area contributed by atoms with Gasteiger partial charge in [0.05, 0.1) is 4.47 Å². The van der Waals surface area contributed by atoms with Crippen LogP contribution in [0.1, 0.15) is 16.1 Å². The van der Waals surface area contributed by atoms with Gasteiger partial charge in [-0.3, -0.25) is 9.48 Å². The molecule has 0 saturated heterocycles. The number of hydrogen-bond donors (Lipinski definition) is 0. The molecule has 0 saturated carbocycles. The van der Waals surface area contributed by atoms with E-state index in [2.05, 4.69) is 21.0 Å². The third-order valence-corrected chi connectivity index (χ3v) is 3.25. The Morgan fingerprint density at radius 2 is 1.94 bits per heavy atom. The zero-order valence-electron chi connectivity index (χ0n) is 9.07. The highest BCUT2D eigenvalue weighted by Gasteiger charge is 2.14. The normalized spacial score (nSPS) is 10.4. The van der Waals surface area contributed by atoms with Gasteiger partial charge in [0.15, 0.2) is 6.29 Å². The van der Waals surface area contributed by atoms with Crippen molar-refractivity contribution in [3.8, 4) is 11.3 Å². The first kappa shape index (κ1) is 11.1. The number of carbonyl (C=O) groups excluding carboxylic acids is 1. The number of aryl methyl sites for hydroxylation is 2. The van der Waals surface area contributed by atoms with E-state index in [1.54, 1.807) is 11.7 Å². The minimum absolute atomic E-state index is 0.551. The van der Waals surface area contributed by atoms with Crippen molar-refractivity contribution < 1.29 is 4.79 Å². The number of rotatable bonds is 2. The van der Waals surface area contributed by atoms with Crippen molar-refractivity contribution in [3.05, 3.63) is 40.0 Å². The molecule has 0 spiro atoms. The second-order valence-corrected chi connectivity index (χ2v) is 4.45. The predicted octanol–water partition coefficient (Wildman–Crippen LogP) is 2.97. The summed E-state index contributed by atoms with van der Waals surface area (Å²) >= 11 is 3.40. The van der Waals surface area contributed by atoms with Crippen molar-refractivity contribution in [1.82, 2.24) is 9.78 Å². The monoisotopic (exact) mass is 278 g/mol. The second-order valence-electron chi connectivity index (χ2n) is 3.66. The number of halogens is 1. The molecule has 0 atom stereocenters. The molecular weight excluding hydrogens is 268 g/mol. The largest absolute Gasteiger partial charge is 0.296 e. The molecule has 1 aromatic heterocycles. The molecule has 2 rings (SSSR count). The first-order valence-electron chi connectivity index (χ1n) is 4.88. The molecular formula is C12H11BrN2O. The lowest BCUT2D eigenvalue weighted by Gasteiger charge is -1.98. The topological polar surface area (TPSA) is 34.9 Å². The molecule has 82 valence electrons. The van der Waals surface area contributed by atoms with Gasteiger partial charge in [0.25, 0.3) is 0 Å². The summed E-state index contributed by atoms with van der Waals surface area (Å²) in [6, 6.07) is 8.04. The Hall–Kier alpha value is -1.42. The third kappa shape index (κ3) is 1.80. The van der Waals surface area contributed by atoms with Gasteiger partial charge in [0, 0.05) is 12.6 Å². The van der Waals surface area contributed by atoms with E-state index in [-0.39, 0.29) is 0 Å². The number of aromatic nitrogens is 2. The first-order chi connectivity index (χ1) is 7.63. The number of nitrogens with zero attached hydrogens (tertiary/aromatic N) is 2. The fraction of sp³-hybridized carbons (Fsp3) is 0.167. The second kappa shape index (κ2) is 4.22. The molecule has 0 bridgehead atoms. The van der Waals surface area contributed by atoms with E-state index < -0.39 is 0 Å². The quantitative estimate of drug-likeness (QED) is 0.792. The number of aldehydes is 1. The molecule has 0 unspecified atom stereocenters. The van der Waals surface area contributed by atoms with Crippen LogP contribution in [-0.4, -0.2) is 16.1 Å². The van der Waals surface area contributed by atoms with Gasteiger partial charge in [-0.05, 0) is 22.9 Å². The zero-order valence-corrected chi connectivity index (χ0v) is 10.7. The summed E-state index contributed by atoms with van der Waals surface area (Å²) in [6.07, 6.45) is 0.800. The lowest BCUT2D eigenvalue weighted by Crippen LogP contribution is -1.96. The van der Waals surface area contributed by atoms with Gasteiger partial charge in [0.1, 0.15) is 11.4 Å². The van der Waals surface area contributed by atoms with E-state index in [0.29, 0.717) is 5.69 Å². The van der Waals surface area contributed by atoms with Crippen LogP contribution in [0.3, 0.4) is 0 Å². The fourth-order valence-corrected chi connectivity index (χ4v) is 2.19. The highest BCUT2D eigenvalue weighted by molar-refractivity contribution is 9.10. The van der Waals surface area contributed by atoms with Crippen LogP contribution in [0, 0.1) is 6.92 Å². The Morgan fingerprint density at radius 3 is 2.44 bits per heavy atom.